The van der Waals surface area contributed by atoms with Crippen LogP contribution < -0.4 is 14.7 Å². The topological polar surface area (TPSA) is 108 Å². The van der Waals surface area contributed by atoms with Crippen molar-refractivity contribution >= 4 is 52.5 Å². The van der Waals surface area contributed by atoms with Gasteiger partial charge < -0.3 is 9.84 Å². The number of carboxylic acid groups (broad SMARTS) is 1. The first-order valence-electron chi connectivity index (χ1n) is 10.6. The fourth-order valence-electron chi connectivity index (χ4n) is 3.37. The van der Waals surface area contributed by atoms with Crippen LogP contribution in [0.5, 0.6) is 5.75 Å². The predicted octanol–water partition coefficient (Wildman–Crippen LogP) is 3.86. The number of aliphatic carboxylic acids is 1. The third kappa shape index (κ3) is 6.40. The smallest absolute Gasteiger partial charge is 0.341 e. The van der Waals surface area contributed by atoms with Gasteiger partial charge in [0, 0.05) is 16.1 Å². The average Bonchev–Trinajstić information content (AvgIpc) is 3.21. The first-order chi connectivity index (χ1) is 17.0. The third-order valence-corrected chi connectivity index (χ3v) is 6.34. The number of carbonyl (C=O) groups excluding carboxylic acids is 1. The number of ether oxygens (including phenoxy) is 1. The van der Waals surface area contributed by atoms with Gasteiger partial charge in [0.25, 0.3) is 5.91 Å². The van der Waals surface area contributed by atoms with Crippen LogP contribution in [0, 0.1) is 0 Å². The summed E-state index contributed by atoms with van der Waals surface area (Å²) >= 11 is 7.73. The standard InChI is InChI=1S/C25H21ClN4O4S/c26-19-9-3-1-8-18(19)14-30-21-11-5-4-10-20(21)28-25(30)35-16-23(31)29-27-13-17-7-2-6-12-22(17)34-15-24(32)33/h1-13H,14-16H2,(H2,29,31,32,33)/p+1/b27-13+. The second-order valence-corrected chi connectivity index (χ2v) is 8.80. The van der Waals surface area contributed by atoms with Gasteiger partial charge in [-0.2, -0.15) is 5.10 Å². The lowest BCUT2D eigenvalue weighted by Gasteiger charge is -2.06. The molecule has 0 bridgehead atoms. The molecule has 0 aliphatic heterocycles. The SMILES string of the molecule is O=C(O)COc1ccccc1/C=N/NC(=O)CSc1[nH]c2ccccc2[n+]1Cc1ccccc1Cl. The molecule has 0 atom stereocenters. The molecule has 4 rings (SSSR count). The van der Waals surface area contributed by atoms with E-state index < -0.39 is 12.6 Å². The number of hydrazone groups is 1. The van der Waals surface area contributed by atoms with Crippen LogP contribution in [0.25, 0.3) is 11.0 Å². The van der Waals surface area contributed by atoms with Crippen molar-refractivity contribution in [1.29, 1.82) is 0 Å². The number of halogens is 1. The van der Waals surface area contributed by atoms with E-state index in [0.717, 1.165) is 21.8 Å². The van der Waals surface area contributed by atoms with Crippen LogP contribution >= 0.6 is 23.4 Å². The minimum atomic E-state index is -1.08. The summed E-state index contributed by atoms with van der Waals surface area (Å²) in [5, 5.41) is 14.3. The molecule has 0 fully saturated rings. The number of rotatable bonds is 10. The number of benzene rings is 3. The Bertz CT molecular complexity index is 1390. The predicted molar refractivity (Wildman–Crippen MR) is 135 cm³/mol. The number of carbonyl (C=O) groups is 2. The molecular weight excluding hydrogens is 488 g/mol. The summed E-state index contributed by atoms with van der Waals surface area (Å²) in [6.07, 6.45) is 1.42. The maximum atomic E-state index is 12.4. The second kappa shape index (κ2) is 11.5. The van der Waals surface area contributed by atoms with Gasteiger partial charge in [-0.3, -0.25) is 4.79 Å². The zero-order valence-corrected chi connectivity index (χ0v) is 20.1. The Hall–Kier alpha value is -3.82. The number of thioether (sulfide) groups is 1. The monoisotopic (exact) mass is 509 g/mol. The molecule has 0 saturated carbocycles. The Morgan fingerprint density at radius 2 is 1.83 bits per heavy atom. The molecule has 0 saturated heterocycles. The van der Waals surface area contributed by atoms with Gasteiger partial charge in [0.2, 0.25) is 0 Å². The quantitative estimate of drug-likeness (QED) is 0.130. The van der Waals surface area contributed by atoms with Crippen molar-refractivity contribution in [1.82, 2.24) is 10.4 Å². The van der Waals surface area contributed by atoms with Crippen LogP contribution in [0.1, 0.15) is 11.1 Å². The van der Waals surface area contributed by atoms with Gasteiger partial charge in [-0.25, -0.2) is 19.8 Å². The molecule has 0 spiro atoms. The Labute approximate surface area is 210 Å². The van der Waals surface area contributed by atoms with Gasteiger partial charge in [-0.05, 0) is 42.1 Å². The van der Waals surface area contributed by atoms with Crippen molar-refractivity contribution in [2.24, 2.45) is 5.10 Å². The summed E-state index contributed by atoms with van der Waals surface area (Å²) in [6.45, 7) is 0.0888. The van der Waals surface area contributed by atoms with E-state index in [1.165, 1.54) is 18.0 Å². The lowest BCUT2D eigenvalue weighted by Crippen LogP contribution is -2.36. The molecule has 1 aromatic heterocycles. The van der Waals surface area contributed by atoms with Gasteiger partial charge in [-0.15, -0.1) is 0 Å². The van der Waals surface area contributed by atoms with Gasteiger partial charge in [0.1, 0.15) is 12.3 Å². The maximum absolute atomic E-state index is 12.4. The van der Waals surface area contributed by atoms with Crippen LogP contribution in [0.15, 0.2) is 83.1 Å². The number of imidazole rings is 1. The molecule has 8 nitrogen and oxygen atoms in total. The molecule has 10 heteroatoms. The molecule has 1 heterocycles. The molecule has 178 valence electrons. The first-order valence-corrected chi connectivity index (χ1v) is 12.0. The number of aromatic amines is 1. The highest BCUT2D eigenvalue weighted by Gasteiger charge is 2.21. The number of hydrogen-bond acceptors (Lipinski definition) is 5. The number of amides is 1. The van der Waals surface area contributed by atoms with Gasteiger partial charge in [0.15, 0.2) is 17.6 Å². The fraction of sp³-hybridized carbons (Fsp3) is 0.120. The van der Waals surface area contributed by atoms with E-state index in [-0.39, 0.29) is 11.7 Å². The number of fused-ring (bicyclic) bond motifs is 1. The molecule has 3 aromatic carbocycles. The highest BCUT2D eigenvalue weighted by Crippen LogP contribution is 2.21. The summed E-state index contributed by atoms with van der Waals surface area (Å²) in [5.41, 5.74) is 5.99. The first kappa shape index (κ1) is 24.3. The minimum absolute atomic E-state index is 0.129. The molecule has 1 amide bonds. The Morgan fingerprint density at radius 1 is 1.09 bits per heavy atom. The molecule has 0 aliphatic rings. The van der Waals surface area contributed by atoms with Crippen molar-refractivity contribution in [3.8, 4) is 5.75 Å². The van der Waals surface area contributed by atoms with Crippen LogP contribution in [-0.2, 0) is 16.1 Å². The normalized spacial score (nSPS) is 11.1. The summed E-state index contributed by atoms with van der Waals surface area (Å²) in [5.74, 6) is -0.881. The summed E-state index contributed by atoms with van der Waals surface area (Å²) in [4.78, 5) is 26.6. The Balaban J connectivity index is 1.42. The van der Waals surface area contributed by atoms with Gasteiger partial charge in [0.05, 0.1) is 12.0 Å². The van der Waals surface area contributed by atoms with Gasteiger partial charge >= 0.3 is 11.1 Å². The van der Waals surface area contributed by atoms with E-state index >= 15 is 0 Å². The Morgan fingerprint density at radius 3 is 2.66 bits per heavy atom. The van der Waals surface area contributed by atoms with E-state index in [1.807, 2.05) is 48.5 Å². The van der Waals surface area contributed by atoms with Crippen molar-refractivity contribution in [2.75, 3.05) is 12.4 Å². The van der Waals surface area contributed by atoms with E-state index in [4.69, 9.17) is 21.4 Å². The molecule has 4 aromatic rings. The second-order valence-electron chi connectivity index (χ2n) is 7.43. The fourth-order valence-corrected chi connectivity index (χ4v) is 4.40. The number of para-hydroxylation sites is 3. The third-order valence-electron chi connectivity index (χ3n) is 4.97. The van der Waals surface area contributed by atoms with Crippen LogP contribution in [0.2, 0.25) is 5.02 Å². The van der Waals surface area contributed by atoms with Crippen LogP contribution in [0.4, 0.5) is 0 Å². The number of aromatic nitrogens is 2. The van der Waals surface area contributed by atoms with Crippen molar-refractivity contribution in [3.05, 3.63) is 88.9 Å². The molecule has 35 heavy (non-hydrogen) atoms. The lowest BCUT2D eigenvalue weighted by molar-refractivity contribution is -0.700. The van der Waals surface area contributed by atoms with Crippen molar-refractivity contribution in [2.45, 2.75) is 11.7 Å². The highest BCUT2D eigenvalue weighted by molar-refractivity contribution is 7.99. The molecule has 0 radical (unpaired) electrons. The number of nitrogens with one attached hydrogen (secondary N) is 2. The maximum Gasteiger partial charge on any atom is 0.341 e. The number of nitrogens with zero attached hydrogens (tertiary/aromatic N) is 2. The number of H-pyrrole nitrogens is 1. The average molecular weight is 510 g/mol. The minimum Gasteiger partial charge on any atom is -0.481 e. The highest BCUT2D eigenvalue weighted by atomic mass is 35.5. The van der Waals surface area contributed by atoms with E-state index in [2.05, 4.69) is 20.1 Å². The van der Waals surface area contributed by atoms with E-state index in [1.54, 1.807) is 24.3 Å². The van der Waals surface area contributed by atoms with Crippen LogP contribution in [0.3, 0.4) is 0 Å². The molecule has 0 unspecified atom stereocenters. The molecule has 3 N–H and O–H groups in total. The van der Waals surface area contributed by atoms with Crippen LogP contribution in [-0.4, -0.2) is 40.5 Å². The zero-order valence-electron chi connectivity index (χ0n) is 18.5. The summed E-state index contributed by atoms with van der Waals surface area (Å²) in [7, 11) is 0. The summed E-state index contributed by atoms with van der Waals surface area (Å²) < 4.78 is 7.33. The molecule has 0 aliphatic carbocycles. The molecular formula is C25H22ClN4O4S+. The van der Waals surface area contributed by atoms with E-state index in [0.29, 0.717) is 22.9 Å². The van der Waals surface area contributed by atoms with Crippen molar-refractivity contribution in [3.63, 3.8) is 0 Å². The lowest BCUT2D eigenvalue weighted by atomic mass is 10.2. The van der Waals surface area contributed by atoms with E-state index in [9.17, 15) is 9.59 Å². The zero-order chi connectivity index (χ0) is 24.6. The van der Waals surface area contributed by atoms with Gasteiger partial charge in [-0.1, -0.05) is 54.1 Å². The summed E-state index contributed by atoms with van der Waals surface area (Å²) in [6, 6.07) is 22.4. The Kier molecular flexibility index (Phi) is 8.02. The number of hydrogen-bond donors (Lipinski definition) is 3. The largest absolute Gasteiger partial charge is 0.481 e. The van der Waals surface area contributed by atoms with Crippen molar-refractivity contribution < 1.29 is 24.0 Å². The number of carboxylic acids is 1.